The minimum absolute atomic E-state index is 0. The van der Waals surface area contributed by atoms with Crippen LogP contribution in [0.3, 0.4) is 0 Å². The minimum atomic E-state index is -0.829. The normalized spacial score (nSPS) is 37.1. The third kappa shape index (κ3) is 26.4. The van der Waals surface area contributed by atoms with E-state index in [2.05, 4.69) is 16.0 Å². The molecular formula is C12H29N3OZr. The van der Waals surface area contributed by atoms with Crippen LogP contribution in [0.1, 0.15) is 31.1 Å². The van der Waals surface area contributed by atoms with Crippen LogP contribution in [-0.2, 0) is 30.9 Å². The molecule has 0 radical (unpaired) electrons. The van der Waals surface area contributed by atoms with Crippen molar-refractivity contribution in [2.24, 2.45) is 0 Å². The van der Waals surface area contributed by atoms with Crippen LogP contribution in [0.15, 0.2) is 0 Å². The van der Waals surface area contributed by atoms with E-state index in [0.29, 0.717) is 0 Å². The SMILES string of the molecule is C[N-]C.C[N-]C.[2H]C1C([2H])C([2H])C(OC[N-]C)C1[2H].[CH3-].[Zr+4]. The summed E-state index contributed by atoms with van der Waals surface area (Å²) in [6.45, 7) is 0.148. The van der Waals surface area contributed by atoms with Gasteiger partial charge in [-0.3, -0.25) is 0 Å². The summed E-state index contributed by atoms with van der Waals surface area (Å²) in [5.74, 6) is 0. The quantitative estimate of drug-likeness (QED) is 0.731. The molecule has 1 rings (SSSR count). The zero-order valence-corrected chi connectivity index (χ0v) is 14.3. The molecule has 1 fully saturated rings. The smallest absolute Gasteiger partial charge is 0.668 e. The average molecular weight is 327 g/mol. The Balaban J connectivity index is -0.000000157. The first-order valence-corrected chi connectivity index (χ1v) is 4.74. The van der Waals surface area contributed by atoms with E-state index in [4.69, 9.17) is 10.2 Å². The molecule has 0 aromatic heterocycles. The van der Waals surface area contributed by atoms with E-state index in [-0.39, 0.29) is 40.4 Å². The van der Waals surface area contributed by atoms with E-state index >= 15 is 0 Å². The molecule has 0 aromatic rings. The zero-order chi connectivity index (χ0) is 15.4. The van der Waals surface area contributed by atoms with Crippen molar-refractivity contribution in [1.82, 2.24) is 0 Å². The third-order valence-electron chi connectivity index (χ3n) is 1.11. The van der Waals surface area contributed by atoms with Gasteiger partial charge in [0.25, 0.3) is 0 Å². The fraction of sp³-hybridized carbons (Fsp3) is 0.917. The molecule has 1 aliphatic carbocycles. The maximum absolute atomic E-state index is 7.54. The van der Waals surface area contributed by atoms with Gasteiger partial charge in [-0.25, -0.2) is 0 Å². The number of rotatable bonds is 3. The molecule has 4 atom stereocenters. The second-order valence-corrected chi connectivity index (χ2v) is 2.74. The van der Waals surface area contributed by atoms with E-state index in [1.807, 2.05) is 0 Å². The van der Waals surface area contributed by atoms with Crippen LogP contribution < -0.4 is 0 Å². The molecule has 0 bridgehead atoms. The van der Waals surface area contributed by atoms with Gasteiger partial charge in [-0.05, 0) is 19.5 Å². The van der Waals surface area contributed by atoms with E-state index in [0.717, 1.165) is 0 Å². The Morgan fingerprint density at radius 2 is 1.41 bits per heavy atom. The molecule has 1 aliphatic rings. The van der Waals surface area contributed by atoms with Gasteiger partial charge in [0.1, 0.15) is 0 Å². The van der Waals surface area contributed by atoms with Gasteiger partial charge in [0.2, 0.25) is 0 Å². The second-order valence-electron chi connectivity index (χ2n) is 2.74. The van der Waals surface area contributed by atoms with Crippen LogP contribution in [0.2, 0.25) is 0 Å². The van der Waals surface area contributed by atoms with Crippen LogP contribution in [0, 0.1) is 7.43 Å². The Morgan fingerprint density at radius 3 is 1.71 bits per heavy atom. The largest absolute Gasteiger partial charge is 4.00 e. The molecule has 5 heteroatoms. The molecule has 17 heavy (non-hydrogen) atoms. The third-order valence-corrected chi connectivity index (χ3v) is 1.11. The second kappa shape index (κ2) is 25.5. The van der Waals surface area contributed by atoms with Gasteiger partial charge < -0.3 is 28.1 Å². The summed E-state index contributed by atoms with van der Waals surface area (Å²) < 4.78 is 35.1. The van der Waals surface area contributed by atoms with Gasteiger partial charge in [0, 0.05) is 5.48 Å². The molecule has 4 nitrogen and oxygen atoms in total. The molecule has 102 valence electrons. The summed E-state index contributed by atoms with van der Waals surface area (Å²) in [6.07, 6.45) is -3.86. The Morgan fingerprint density at radius 1 is 1.06 bits per heavy atom. The van der Waals surface area contributed by atoms with Gasteiger partial charge >= 0.3 is 26.2 Å². The molecule has 0 saturated heterocycles. The summed E-state index contributed by atoms with van der Waals surface area (Å²) in [6, 6.07) is 0. The van der Waals surface area contributed by atoms with Crippen LogP contribution in [0.5, 0.6) is 0 Å². The molecule has 0 aliphatic heterocycles. The number of nitrogens with zero attached hydrogens (tertiary/aromatic N) is 3. The predicted octanol–water partition coefficient (Wildman–Crippen LogP) is 3.59. The number of hydrogen-bond donors (Lipinski definition) is 0. The van der Waals surface area contributed by atoms with Crippen molar-refractivity contribution in [2.75, 3.05) is 42.0 Å². The van der Waals surface area contributed by atoms with Gasteiger partial charge in [-0.2, -0.15) is 35.2 Å². The molecule has 4 unspecified atom stereocenters. The van der Waals surface area contributed by atoms with Crippen molar-refractivity contribution in [3.05, 3.63) is 23.4 Å². The fourth-order valence-corrected chi connectivity index (χ4v) is 0.683. The van der Waals surface area contributed by atoms with Crippen molar-refractivity contribution in [2.45, 2.75) is 31.7 Å². The molecular weight excluding hydrogens is 293 g/mol. The zero-order valence-electron chi connectivity index (χ0n) is 15.8. The topological polar surface area (TPSA) is 51.5 Å². The molecule has 1 saturated carbocycles. The van der Waals surface area contributed by atoms with Crippen molar-refractivity contribution in [3.8, 4) is 0 Å². The Hall–Kier alpha value is 0.723. The van der Waals surface area contributed by atoms with Gasteiger partial charge in [-0.1, -0.05) is 12.8 Å². The van der Waals surface area contributed by atoms with Crippen molar-refractivity contribution < 1.29 is 36.4 Å². The molecule has 0 aromatic carbocycles. The summed E-state index contributed by atoms with van der Waals surface area (Å²) in [7, 11) is 8.59. The van der Waals surface area contributed by atoms with Gasteiger partial charge in [-0.15, -0.1) is 0 Å². The van der Waals surface area contributed by atoms with Crippen LogP contribution >= 0.6 is 0 Å². The fourth-order valence-electron chi connectivity index (χ4n) is 0.683. The first-order valence-electron chi connectivity index (χ1n) is 7.05. The number of hydrogen-bond acceptors (Lipinski definition) is 1. The van der Waals surface area contributed by atoms with E-state index in [1.165, 1.54) is 0 Å². The van der Waals surface area contributed by atoms with Crippen LogP contribution in [0.25, 0.3) is 16.0 Å². The maximum atomic E-state index is 7.54. The first-order chi connectivity index (χ1) is 8.92. The molecule has 0 N–H and O–H groups in total. The Kier molecular flexibility index (Phi) is 23.7. The van der Waals surface area contributed by atoms with E-state index in [1.54, 1.807) is 35.2 Å². The Bertz CT molecular complexity index is 193. The maximum Gasteiger partial charge on any atom is 4.00 e. The Labute approximate surface area is 133 Å². The van der Waals surface area contributed by atoms with Crippen molar-refractivity contribution >= 4 is 0 Å². The van der Waals surface area contributed by atoms with Crippen molar-refractivity contribution in [3.63, 3.8) is 0 Å². The number of ether oxygens (including phenoxy) is 1. The molecule has 0 amide bonds. The molecule has 0 heterocycles. The summed E-state index contributed by atoms with van der Waals surface area (Å²) in [5.41, 5.74) is 0. The van der Waals surface area contributed by atoms with Crippen LogP contribution in [-0.4, -0.2) is 48.1 Å². The minimum Gasteiger partial charge on any atom is -0.668 e. The molecule has 0 spiro atoms. The monoisotopic (exact) mass is 325 g/mol. The van der Waals surface area contributed by atoms with Gasteiger partial charge in [0.15, 0.2) is 0 Å². The summed E-state index contributed by atoms with van der Waals surface area (Å²) >= 11 is 0. The first kappa shape index (κ1) is 15.8. The average Bonchev–Trinajstić information content (AvgIpc) is 2.54. The van der Waals surface area contributed by atoms with Gasteiger partial charge in [0.05, 0.1) is 6.10 Å². The van der Waals surface area contributed by atoms with Crippen molar-refractivity contribution in [1.29, 1.82) is 0 Å². The predicted molar refractivity (Wildman–Crippen MR) is 74.3 cm³/mol. The van der Waals surface area contributed by atoms with Crippen LogP contribution in [0.4, 0.5) is 0 Å². The summed E-state index contributed by atoms with van der Waals surface area (Å²) in [5, 5.41) is 10.7. The summed E-state index contributed by atoms with van der Waals surface area (Å²) in [4.78, 5) is 0. The van der Waals surface area contributed by atoms with E-state index in [9.17, 15) is 0 Å². The standard InChI is InChI=1S/C7H14NO.2C2H6N.CH3.Zr/c1-8-6-9-7-4-2-3-5-7;2*1-3-2;;/h7H,2-6H2,1H3;2*1-2H3;1H3;/q4*-1;+4/i2D,3D,4D,5D;;;;. The van der Waals surface area contributed by atoms with E-state index < -0.39 is 31.7 Å².